The molecule has 0 unspecified atom stereocenters. The Kier molecular flexibility index (Phi) is 5.22. The second-order valence-electron chi connectivity index (χ2n) is 5.66. The molecule has 1 amide bonds. The van der Waals surface area contributed by atoms with Gasteiger partial charge < -0.3 is 14.8 Å². The number of ether oxygens (including phenoxy) is 2. The molecule has 0 spiro atoms. The summed E-state index contributed by atoms with van der Waals surface area (Å²) in [5.74, 6) is 0.847. The second kappa shape index (κ2) is 7.57. The number of aryl methyl sites for hydroxylation is 1. The van der Waals surface area contributed by atoms with Crippen LogP contribution in [0.1, 0.15) is 21.7 Å². The van der Waals surface area contributed by atoms with Gasteiger partial charge in [0.1, 0.15) is 0 Å². The highest BCUT2D eigenvalue weighted by atomic mass is 32.1. The maximum Gasteiger partial charge on any atom is 0.258 e. The maximum absolute atomic E-state index is 12.3. The van der Waals surface area contributed by atoms with Crippen LogP contribution in [0.25, 0.3) is 4.96 Å². The Hall–Kier alpha value is -2.87. The maximum atomic E-state index is 12.3. The van der Waals surface area contributed by atoms with Crippen LogP contribution in [0.2, 0.25) is 0 Å². The summed E-state index contributed by atoms with van der Waals surface area (Å²) in [7, 11) is 3.07. The average Bonchev–Trinajstić information content (AvgIpc) is 3.04. The predicted molar refractivity (Wildman–Crippen MR) is 99.7 cm³/mol. The first-order chi connectivity index (χ1) is 12.5. The molecule has 0 aliphatic heterocycles. The zero-order valence-electron chi connectivity index (χ0n) is 14.7. The second-order valence-corrected chi connectivity index (χ2v) is 6.49. The lowest BCUT2D eigenvalue weighted by Gasteiger charge is -2.10. The van der Waals surface area contributed by atoms with E-state index in [1.165, 1.54) is 24.5 Å². The molecule has 2 aromatic heterocycles. The molecule has 0 aliphatic rings. The highest BCUT2D eigenvalue weighted by Crippen LogP contribution is 2.27. The van der Waals surface area contributed by atoms with Gasteiger partial charge in [-0.3, -0.25) is 14.0 Å². The van der Waals surface area contributed by atoms with Crippen molar-refractivity contribution in [2.24, 2.45) is 0 Å². The van der Waals surface area contributed by atoms with Gasteiger partial charge >= 0.3 is 0 Å². The average molecular weight is 373 g/mol. The number of methoxy groups -OCH3 is 2. The monoisotopic (exact) mass is 373 g/mol. The van der Waals surface area contributed by atoms with Crippen LogP contribution in [0, 0.1) is 6.92 Å². The first-order valence-corrected chi connectivity index (χ1v) is 8.88. The summed E-state index contributed by atoms with van der Waals surface area (Å²) < 4.78 is 12.0. The molecule has 8 heteroatoms. The van der Waals surface area contributed by atoms with E-state index in [1.807, 2.05) is 5.38 Å². The fourth-order valence-corrected chi connectivity index (χ4v) is 3.62. The number of nitrogens with one attached hydrogen (secondary N) is 1. The molecule has 136 valence electrons. The van der Waals surface area contributed by atoms with Crippen LogP contribution in [0.4, 0.5) is 0 Å². The normalized spacial score (nSPS) is 10.7. The number of hydrogen-bond acceptors (Lipinski definition) is 6. The third-order valence-corrected chi connectivity index (χ3v) is 4.79. The van der Waals surface area contributed by atoms with Crippen LogP contribution in [-0.4, -0.2) is 36.1 Å². The van der Waals surface area contributed by atoms with E-state index in [1.54, 1.807) is 36.6 Å². The number of aromatic nitrogens is 2. The van der Waals surface area contributed by atoms with Crippen molar-refractivity contribution in [3.63, 3.8) is 0 Å². The number of carbonyl (C=O) groups excluding carboxylic acids is 1. The first kappa shape index (κ1) is 17.9. The van der Waals surface area contributed by atoms with E-state index in [-0.39, 0.29) is 11.5 Å². The lowest BCUT2D eigenvalue weighted by Crippen LogP contribution is -2.26. The number of amides is 1. The number of fused-ring (bicyclic) bond motifs is 1. The number of benzene rings is 1. The van der Waals surface area contributed by atoms with Crippen LogP contribution < -0.4 is 20.3 Å². The summed E-state index contributed by atoms with van der Waals surface area (Å²) in [5.41, 5.74) is 1.91. The minimum Gasteiger partial charge on any atom is -0.493 e. The number of carbonyl (C=O) groups is 1. The highest BCUT2D eigenvalue weighted by molar-refractivity contribution is 7.15. The van der Waals surface area contributed by atoms with Gasteiger partial charge in [-0.25, -0.2) is 4.98 Å². The van der Waals surface area contributed by atoms with Gasteiger partial charge in [0.25, 0.3) is 11.5 Å². The standard InChI is InChI=1S/C18H19N3O4S/c1-11-8-16(22)21-13(10-26-18(21)20-11)6-7-19-17(23)12-4-5-14(24-2)15(9-12)25-3/h4-5,8-10H,6-7H2,1-3H3,(H,19,23). The number of nitrogens with zero attached hydrogens (tertiary/aromatic N) is 2. The summed E-state index contributed by atoms with van der Waals surface area (Å²) in [5, 5.41) is 4.75. The Morgan fingerprint density at radius 3 is 2.73 bits per heavy atom. The molecular weight excluding hydrogens is 354 g/mol. The summed E-state index contributed by atoms with van der Waals surface area (Å²) in [6, 6.07) is 6.50. The molecule has 0 aliphatic carbocycles. The van der Waals surface area contributed by atoms with E-state index in [9.17, 15) is 9.59 Å². The van der Waals surface area contributed by atoms with E-state index in [4.69, 9.17) is 9.47 Å². The molecule has 3 aromatic rings. The van der Waals surface area contributed by atoms with Crippen molar-refractivity contribution in [2.75, 3.05) is 20.8 Å². The van der Waals surface area contributed by atoms with Crippen LogP contribution in [0.3, 0.4) is 0 Å². The van der Waals surface area contributed by atoms with E-state index in [2.05, 4.69) is 10.3 Å². The fourth-order valence-electron chi connectivity index (χ4n) is 2.64. The van der Waals surface area contributed by atoms with Gasteiger partial charge in [-0.15, -0.1) is 11.3 Å². The molecule has 2 heterocycles. The number of thiazole rings is 1. The lowest BCUT2D eigenvalue weighted by atomic mass is 10.2. The highest BCUT2D eigenvalue weighted by Gasteiger charge is 2.12. The van der Waals surface area contributed by atoms with E-state index in [0.717, 1.165) is 5.69 Å². The Labute approximate surface area is 154 Å². The zero-order chi connectivity index (χ0) is 18.7. The van der Waals surface area contributed by atoms with Crippen molar-refractivity contribution in [2.45, 2.75) is 13.3 Å². The summed E-state index contributed by atoms with van der Waals surface area (Å²) >= 11 is 1.42. The summed E-state index contributed by atoms with van der Waals surface area (Å²) in [6.07, 6.45) is 0.531. The van der Waals surface area contributed by atoms with Gasteiger partial charge in [-0.1, -0.05) is 0 Å². The summed E-state index contributed by atoms with van der Waals surface area (Å²) in [4.78, 5) is 29.5. The predicted octanol–water partition coefficient (Wildman–Crippen LogP) is 2.05. The topological polar surface area (TPSA) is 81.9 Å². The van der Waals surface area contributed by atoms with Crippen molar-refractivity contribution in [1.29, 1.82) is 0 Å². The molecule has 0 saturated carbocycles. The van der Waals surface area contributed by atoms with Crippen LogP contribution >= 0.6 is 11.3 Å². The minimum absolute atomic E-state index is 0.102. The van der Waals surface area contributed by atoms with E-state index >= 15 is 0 Å². The smallest absolute Gasteiger partial charge is 0.258 e. The molecule has 0 atom stereocenters. The minimum atomic E-state index is -0.216. The van der Waals surface area contributed by atoms with Crippen molar-refractivity contribution in [3.05, 3.63) is 57.0 Å². The van der Waals surface area contributed by atoms with Crippen molar-refractivity contribution >= 4 is 22.2 Å². The van der Waals surface area contributed by atoms with Crippen LogP contribution in [0.15, 0.2) is 34.4 Å². The number of rotatable bonds is 6. The van der Waals surface area contributed by atoms with Crippen molar-refractivity contribution < 1.29 is 14.3 Å². The van der Waals surface area contributed by atoms with Gasteiger partial charge in [0.15, 0.2) is 16.5 Å². The Morgan fingerprint density at radius 1 is 1.23 bits per heavy atom. The molecule has 0 radical (unpaired) electrons. The molecule has 1 aromatic carbocycles. The zero-order valence-corrected chi connectivity index (χ0v) is 15.6. The van der Waals surface area contributed by atoms with Gasteiger partial charge in [0, 0.05) is 41.4 Å². The molecule has 7 nitrogen and oxygen atoms in total. The molecule has 1 N–H and O–H groups in total. The van der Waals surface area contributed by atoms with E-state index in [0.29, 0.717) is 40.7 Å². The van der Waals surface area contributed by atoms with Gasteiger partial charge in [0.05, 0.1) is 14.2 Å². The Bertz CT molecular complexity index is 1010. The fraction of sp³-hybridized carbons (Fsp3) is 0.278. The van der Waals surface area contributed by atoms with Gasteiger partial charge in [-0.05, 0) is 25.1 Å². The van der Waals surface area contributed by atoms with Crippen molar-refractivity contribution in [3.8, 4) is 11.5 Å². The molecule has 0 bridgehead atoms. The lowest BCUT2D eigenvalue weighted by molar-refractivity contribution is 0.0953. The third-order valence-electron chi connectivity index (χ3n) is 3.92. The molecule has 3 rings (SSSR count). The molecular formula is C18H19N3O4S. The van der Waals surface area contributed by atoms with Gasteiger partial charge in [0.2, 0.25) is 0 Å². The Balaban J connectivity index is 1.69. The van der Waals surface area contributed by atoms with E-state index < -0.39 is 0 Å². The van der Waals surface area contributed by atoms with Crippen LogP contribution in [0.5, 0.6) is 11.5 Å². The van der Waals surface area contributed by atoms with Gasteiger partial charge in [-0.2, -0.15) is 0 Å². The summed E-state index contributed by atoms with van der Waals surface area (Å²) in [6.45, 7) is 2.20. The largest absolute Gasteiger partial charge is 0.493 e. The molecule has 0 saturated heterocycles. The molecule has 0 fully saturated rings. The first-order valence-electron chi connectivity index (χ1n) is 8.00. The van der Waals surface area contributed by atoms with Crippen LogP contribution in [-0.2, 0) is 6.42 Å². The third kappa shape index (κ3) is 3.55. The Morgan fingerprint density at radius 2 is 2.00 bits per heavy atom. The molecule has 26 heavy (non-hydrogen) atoms. The van der Waals surface area contributed by atoms with Crippen molar-refractivity contribution in [1.82, 2.24) is 14.7 Å². The quantitative estimate of drug-likeness (QED) is 0.715. The number of hydrogen-bond donors (Lipinski definition) is 1. The SMILES string of the molecule is COc1ccc(C(=O)NCCc2csc3nc(C)cc(=O)n23)cc1OC.